The van der Waals surface area contributed by atoms with Gasteiger partial charge in [0.05, 0.1) is 10.9 Å². The predicted molar refractivity (Wildman–Crippen MR) is 99.7 cm³/mol. The first-order chi connectivity index (χ1) is 12.5. The van der Waals surface area contributed by atoms with Crippen molar-refractivity contribution in [1.82, 2.24) is 4.90 Å². The molecule has 134 valence electrons. The molecule has 1 fully saturated rings. The van der Waals surface area contributed by atoms with Gasteiger partial charge >= 0.3 is 0 Å². The highest BCUT2D eigenvalue weighted by Gasteiger charge is 2.34. The van der Waals surface area contributed by atoms with Gasteiger partial charge in [-0.05, 0) is 44.0 Å². The van der Waals surface area contributed by atoms with Crippen molar-refractivity contribution in [1.29, 1.82) is 0 Å². The zero-order valence-corrected chi connectivity index (χ0v) is 15.2. The number of carbonyl (C=O) groups is 2. The Kier molecular flexibility index (Phi) is 4.44. The van der Waals surface area contributed by atoms with Crippen molar-refractivity contribution in [3.63, 3.8) is 0 Å². The summed E-state index contributed by atoms with van der Waals surface area (Å²) in [5.41, 5.74) is 1.71. The Bertz CT molecular complexity index is 882. The third kappa shape index (κ3) is 3.33. The summed E-state index contributed by atoms with van der Waals surface area (Å²) in [4.78, 5) is 27.7. The van der Waals surface area contributed by atoms with Crippen molar-refractivity contribution in [2.75, 3.05) is 5.32 Å². The Morgan fingerprint density at radius 2 is 2.04 bits per heavy atom. The largest absolute Gasteiger partial charge is 0.331 e. The van der Waals surface area contributed by atoms with Crippen LogP contribution in [0.2, 0.25) is 0 Å². The third-order valence-electron chi connectivity index (χ3n) is 4.70. The van der Waals surface area contributed by atoms with E-state index in [1.165, 1.54) is 17.8 Å². The lowest BCUT2D eigenvalue weighted by atomic mass is 10.1. The number of hydrogen-bond acceptors (Lipinski definition) is 3. The number of anilines is 1. The van der Waals surface area contributed by atoms with Crippen molar-refractivity contribution in [3.8, 4) is 0 Å². The Hall–Kier alpha value is -2.34. The summed E-state index contributed by atoms with van der Waals surface area (Å²) in [6.45, 7) is 2.11. The Morgan fingerprint density at radius 3 is 2.77 bits per heavy atom. The number of nitrogens with one attached hydrogen (secondary N) is 1. The van der Waals surface area contributed by atoms with Crippen molar-refractivity contribution < 1.29 is 14.0 Å². The number of benzene rings is 2. The van der Waals surface area contributed by atoms with E-state index in [0.717, 1.165) is 17.7 Å². The second-order valence-corrected chi connectivity index (χ2v) is 8.10. The minimum Gasteiger partial charge on any atom is -0.331 e. The highest BCUT2D eigenvalue weighted by atomic mass is 32.2. The highest BCUT2D eigenvalue weighted by Crippen LogP contribution is 2.37. The fourth-order valence-electron chi connectivity index (χ4n) is 3.07. The summed E-state index contributed by atoms with van der Waals surface area (Å²) >= 11 is 1.49. The van der Waals surface area contributed by atoms with E-state index in [1.54, 1.807) is 35.2 Å². The van der Waals surface area contributed by atoms with E-state index in [4.69, 9.17) is 0 Å². The monoisotopic (exact) mass is 370 g/mol. The summed E-state index contributed by atoms with van der Waals surface area (Å²) in [5.74, 6) is -0.483. The molecule has 4 rings (SSSR count). The molecule has 0 bridgehead atoms. The number of hydrogen-bond donors (Lipinski definition) is 1. The summed E-state index contributed by atoms with van der Waals surface area (Å²) in [5, 5.41) is 2.71. The average molecular weight is 370 g/mol. The van der Waals surface area contributed by atoms with Crippen LogP contribution in [-0.2, 0) is 11.3 Å². The molecule has 0 radical (unpaired) electrons. The van der Waals surface area contributed by atoms with Gasteiger partial charge in [-0.1, -0.05) is 18.2 Å². The maximum atomic E-state index is 14.0. The Morgan fingerprint density at radius 1 is 1.27 bits per heavy atom. The van der Waals surface area contributed by atoms with Gasteiger partial charge in [-0.25, -0.2) is 4.39 Å². The minimum atomic E-state index is -0.297. The van der Waals surface area contributed by atoms with E-state index < -0.39 is 0 Å². The van der Waals surface area contributed by atoms with Crippen LogP contribution in [0.5, 0.6) is 0 Å². The SMILES string of the molecule is CC1Sc2ccc(C(=O)N(Cc3ccccc3F)C3CC3)cc2NC1=O. The van der Waals surface area contributed by atoms with Gasteiger partial charge in [0, 0.05) is 28.6 Å². The number of halogens is 1. The van der Waals surface area contributed by atoms with Crippen LogP contribution in [0.4, 0.5) is 10.1 Å². The second kappa shape index (κ2) is 6.76. The zero-order valence-electron chi connectivity index (χ0n) is 14.4. The van der Waals surface area contributed by atoms with Gasteiger partial charge in [0.15, 0.2) is 0 Å². The molecular weight excluding hydrogens is 351 g/mol. The molecule has 4 nitrogen and oxygen atoms in total. The van der Waals surface area contributed by atoms with E-state index in [9.17, 15) is 14.0 Å². The first kappa shape index (κ1) is 17.1. The Balaban J connectivity index is 1.60. The molecule has 2 aromatic rings. The Labute approximate surface area is 155 Å². The van der Waals surface area contributed by atoms with Crippen LogP contribution in [0.3, 0.4) is 0 Å². The van der Waals surface area contributed by atoms with Crippen LogP contribution in [0, 0.1) is 5.82 Å². The molecule has 1 saturated carbocycles. The molecule has 2 aliphatic rings. The van der Waals surface area contributed by atoms with E-state index in [2.05, 4.69) is 5.32 Å². The second-order valence-electron chi connectivity index (χ2n) is 6.72. The quantitative estimate of drug-likeness (QED) is 0.883. The number of fused-ring (bicyclic) bond motifs is 1. The number of rotatable bonds is 4. The summed E-state index contributed by atoms with van der Waals surface area (Å²) in [7, 11) is 0. The fourth-order valence-corrected chi connectivity index (χ4v) is 4.00. The van der Waals surface area contributed by atoms with E-state index in [1.807, 2.05) is 13.0 Å². The summed E-state index contributed by atoms with van der Waals surface area (Å²) < 4.78 is 14.0. The first-order valence-corrected chi connectivity index (χ1v) is 9.57. The summed E-state index contributed by atoms with van der Waals surface area (Å²) in [6.07, 6.45) is 1.88. The lowest BCUT2D eigenvalue weighted by molar-refractivity contribution is -0.115. The molecule has 0 spiro atoms. The molecule has 0 aromatic heterocycles. The molecular formula is C20H19FN2O2S. The standard InChI is InChI=1S/C20H19FN2O2S/c1-12-19(24)22-17-10-13(6-9-18(17)26-12)20(25)23(15-7-8-15)11-14-4-2-3-5-16(14)21/h2-6,9-10,12,15H,7-8,11H2,1H3,(H,22,24). The van der Waals surface area contributed by atoms with Gasteiger partial charge in [0.25, 0.3) is 5.91 Å². The molecule has 1 aliphatic carbocycles. The molecule has 0 saturated heterocycles. The van der Waals surface area contributed by atoms with Crippen LogP contribution >= 0.6 is 11.8 Å². The predicted octanol–water partition coefficient (Wildman–Crippen LogP) is 4.06. The van der Waals surface area contributed by atoms with Crippen LogP contribution < -0.4 is 5.32 Å². The van der Waals surface area contributed by atoms with Crippen LogP contribution in [0.15, 0.2) is 47.4 Å². The number of carbonyl (C=O) groups excluding carboxylic acids is 2. The molecule has 1 atom stereocenters. The normalized spacial score (nSPS) is 18.8. The molecule has 1 aliphatic heterocycles. The van der Waals surface area contributed by atoms with Gasteiger partial charge in [-0.2, -0.15) is 0 Å². The maximum Gasteiger partial charge on any atom is 0.254 e. The number of thioether (sulfide) groups is 1. The number of amides is 2. The topological polar surface area (TPSA) is 49.4 Å². The highest BCUT2D eigenvalue weighted by molar-refractivity contribution is 8.00. The molecule has 1 heterocycles. The lowest BCUT2D eigenvalue weighted by Gasteiger charge is -2.25. The minimum absolute atomic E-state index is 0.0579. The molecule has 1 N–H and O–H groups in total. The van der Waals surface area contributed by atoms with Crippen molar-refractivity contribution in [3.05, 3.63) is 59.4 Å². The molecule has 26 heavy (non-hydrogen) atoms. The first-order valence-electron chi connectivity index (χ1n) is 8.69. The lowest BCUT2D eigenvalue weighted by Crippen LogP contribution is -2.33. The molecule has 2 amide bonds. The maximum absolute atomic E-state index is 14.0. The molecule has 6 heteroatoms. The third-order valence-corrected chi connectivity index (χ3v) is 5.88. The van der Waals surface area contributed by atoms with Crippen LogP contribution in [-0.4, -0.2) is 28.0 Å². The van der Waals surface area contributed by atoms with E-state index >= 15 is 0 Å². The van der Waals surface area contributed by atoms with Crippen LogP contribution in [0.1, 0.15) is 35.7 Å². The van der Waals surface area contributed by atoms with Gasteiger partial charge in [0.2, 0.25) is 5.91 Å². The van der Waals surface area contributed by atoms with Gasteiger partial charge in [-0.15, -0.1) is 11.8 Å². The van der Waals surface area contributed by atoms with Gasteiger partial charge in [-0.3, -0.25) is 9.59 Å². The number of nitrogens with zero attached hydrogens (tertiary/aromatic N) is 1. The van der Waals surface area contributed by atoms with Gasteiger partial charge < -0.3 is 10.2 Å². The molecule has 2 aromatic carbocycles. The zero-order chi connectivity index (χ0) is 18.3. The summed E-state index contributed by atoms with van der Waals surface area (Å²) in [6, 6.07) is 12.1. The van der Waals surface area contributed by atoms with Crippen molar-refractivity contribution >= 4 is 29.3 Å². The van der Waals surface area contributed by atoms with Crippen LogP contribution in [0.25, 0.3) is 0 Å². The van der Waals surface area contributed by atoms with E-state index in [-0.39, 0.29) is 35.5 Å². The van der Waals surface area contributed by atoms with E-state index in [0.29, 0.717) is 16.8 Å². The van der Waals surface area contributed by atoms with Gasteiger partial charge in [0.1, 0.15) is 5.82 Å². The van der Waals surface area contributed by atoms with Crippen molar-refractivity contribution in [2.45, 2.75) is 42.5 Å². The van der Waals surface area contributed by atoms with Crippen molar-refractivity contribution in [2.24, 2.45) is 0 Å². The fraction of sp³-hybridized carbons (Fsp3) is 0.300. The molecule has 1 unspecified atom stereocenters. The smallest absolute Gasteiger partial charge is 0.254 e. The average Bonchev–Trinajstić information content (AvgIpc) is 3.46.